The van der Waals surface area contributed by atoms with Crippen molar-refractivity contribution < 1.29 is 26.1 Å². The molecule has 0 unspecified atom stereocenters. The maximum atomic E-state index is 12.9. The van der Waals surface area contributed by atoms with Crippen LogP contribution in [0.3, 0.4) is 0 Å². The SMILES string of the molecule is Cc1cc(-c2ccc(C(F)(F)F)cc2)cc(-c2cccc(-c3cccc(S(=O)(=O)O)c3)n2)n1. The molecule has 2 heterocycles. The molecule has 4 rings (SSSR count). The maximum Gasteiger partial charge on any atom is 0.416 e. The van der Waals surface area contributed by atoms with Crippen LogP contribution in [0.25, 0.3) is 33.8 Å². The van der Waals surface area contributed by atoms with Gasteiger partial charge in [-0.2, -0.15) is 21.6 Å². The summed E-state index contributed by atoms with van der Waals surface area (Å²) in [4.78, 5) is 8.83. The minimum Gasteiger partial charge on any atom is -0.282 e. The van der Waals surface area contributed by atoms with Gasteiger partial charge in [0.05, 0.1) is 27.5 Å². The quantitative estimate of drug-likeness (QED) is 0.367. The van der Waals surface area contributed by atoms with E-state index in [1.54, 1.807) is 43.3 Å². The molecular weight excluding hydrogens is 453 g/mol. The molecule has 2 aromatic heterocycles. The van der Waals surface area contributed by atoms with Crippen LogP contribution >= 0.6 is 0 Å². The smallest absolute Gasteiger partial charge is 0.282 e. The second kappa shape index (κ2) is 8.42. The summed E-state index contributed by atoms with van der Waals surface area (Å²) < 4.78 is 70.8. The lowest BCUT2D eigenvalue weighted by Gasteiger charge is -2.10. The Morgan fingerprint density at radius 2 is 1.39 bits per heavy atom. The summed E-state index contributed by atoms with van der Waals surface area (Å²) in [5, 5.41) is 0. The molecule has 0 fully saturated rings. The largest absolute Gasteiger partial charge is 0.416 e. The van der Waals surface area contributed by atoms with Gasteiger partial charge in [-0.3, -0.25) is 9.54 Å². The van der Waals surface area contributed by atoms with E-state index in [0.717, 1.165) is 12.1 Å². The number of benzene rings is 2. The van der Waals surface area contributed by atoms with Crippen molar-refractivity contribution >= 4 is 10.1 Å². The van der Waals surface area contributed by atoms with Gasteiger partial charge in [0.1, 0.15) is 0 Å². The molecule has 0 amide bonds. The number of hydrogen-bond donors (Lipinski definition) is 1. The van der Waals surface area contributed by atoms with Crippen LogP contribution in [-0.4, -0.2) is 22.9 Å². The Balaban J connectivity index is 1.73. The molecule has 168 valence electrons. The summed E-state index contributed by atoms with van der Waals surface area (Å²) in [5.74, 6) is 0. The van der Waals surface area contributed by atoms with E-state index in [9.17, 15) is 26.1 Å². The van der Waals surface area contributed by atoms with Crippen LogP contribution in [0.15, 0.2) is 83.8 Å². The normalized spacial score (nSPS) is 12.0. The van der Waals surface area contributed by atoms with Gasteiger partial charge in [-0.1, -0.05) is 30.3 Å². The third-order valence-electron chi connectivity index (χ3n) is 4.94. The first-order valence-corrected chi connectivity index (χ1v) is 11.2. The zero-order valence-electron chi connectivity index (χ0n) is 17.2. The lowest BCUT2D eigenvalue weighted by Crippen LogP contribution is -2.04. The molecule has 9 heteroatoms. The van der Waals surface area contributed by atoms with Crippen molar-refractivity contribution in [1.29, 1.82) is 0 Å². The van der Waals surface area contributed by atoms with Gasteiger partial charge < -0.3 is 0 Å². The Kier molecular flexibility index (Phi) is 5.77. The highest BCUT2D eigenvalue weighted by molar-refractivity contribution is 7.85. The van der Waals surface area contributed by atoms with Gasteiger partial charge in [-0.15, -0.1) is 0 Å². The van der Waals surface area contributed by atoms with Crippen molar-refractivity contribution in [1.82, 2.24) is 9.97 Å². The summed E-state index contributed by atoms with van der Waals surface area (Å²) in [7, 11) is -4.36. The molecule has 33 heavy (non-hydrogen) atoms. The lowest BCUT2D eigenvalue weighted by molar-refractivity contribution is -0.137. The van der Waals surface area contributed by atoms with Crippen molar-refractivity contribution in [2.75, 3.05) is 0 Å². The highest BCUT2D eigenvalue weighted by Crippen LogP contribution is 2.32. The summed E-state index contributed by atoms with van der Waals surface area (Å²) >= 11 is 0. The van der Waals surface area contributed by atoms with E-state index in [2.05, 4.69) is 9.97 Å². The van der Waals surface area contributed by atoms with Gasteiger partial charge in [0.15, 0.2) is 0 Å². The number of rotatable bonds is 4. The predicted octanol–water partition coefficient (Wildman–Crippen LogP) is 6.05. The Bertz CT molecular complexity index is 1430. The van der Waals surface area contributed by atoms with E-state index in [0.29, 0.717) is 39.5 Å². The molecule has 1 N–H and O–H groups in total. The lowest BCUT2D eigenvalue weighted by atomic mass is 10.0. The van der Waals surface area contributed by atoms with Crippen LogP contribution in [0.5, 0.6) is 0 Å². The number of aryl methyl sites for hydroxylation is 1. The van der Waals surface area contributed by atoms with Gasteiger partial charge in [0.2, 0.25) is 0 Å². The third-order valence-corrected chi connectivity index (χ3v) is 5.79. The fraction of sp³-hybridized carbons (Fsp3) is 0.0833. The molecule has 0 atom stereocenters. The Morgan fingerprint density at radius 1 is 0.727 bits per heavy atom. The van der Waals surface area contributed by atoms with Gasteiger partial charge in [-0.25, -0.2) is 4.98 Å². The minimum atomic E-state index is -4.41. The first-order chi connectivity index (χ1) is 15.5. The van der Waals surface area contributed by atoms with Gasteiger partial charge >= 0.3 is 6.18 Å². The second-order valence-corrected chi connectivity index (χ2v) is 8.79. The highest BCUT2D eigenvalue weighted by Gasteiger charge is 2.30. The van der Waals surface area contributed by atoms with Crippen LogP contribution in [0, 0.1) is 6.92 Å². The summed E-state index contributed by atoms with van der Waals surface area (Å²) in [6.45, 7) is 1.77. The third kappa shape index (κ3) is 5.10. The van der Waals surface area contributed by atoms with Crippen LogP contribution in [0.1, 0.15) is 11.3 Å². The molecular formula is C24H17F3N2O3S. The first kappa shape index (κ1) is 22.6. The zero-order valence-corrected chi connectivity index (χ0v) is 18.0. The van der Waals surface area contributed by atoms with Crippen molar-refractivity contribution in [2.45, 2.75) is 18.0 Å². The molecule has 2 aromatic carbocycles. The van der Waals surface area contributed by atoms with E-state index in [1.165, 1.54) is 30.3 Å². The summed E-state index contributed by atoms with van der Waals surface area (Å²) in [6.07, 6.45) is -4.41. The van der Waals surface area contributed by atoms with E-state index < -0.39 is 21.9 Å². The van der Waals surface area contributed by atoms with E-state index in [4.69, 9.17) is 0 Å². The van der Waals surface area contributed by atoms with Crippen molar-refractivity contribution in [3.8, 4) is 33.8 Å². The van der Waals surface area contributed by atoms with Crippen molar-refractivity contribution in [3.05, 3.63) is 90.1 Å². The van der Waals surface area contributed by atoms with Crippen LogP contribution in [0.2, 0.25) is 0 Å². The van der Waals surface area contributed by atoms with E-state index >= 15 is 0 Å². The molecule has 0 saturated heterocycles. The van der Waals surface area contributed by atoms with E-state index in [1.807, 2.05) is 0 Å². The fourth-order valence-electron chi connectivity index (χ4n) is 3.37. The molecule has 0 aliphatic rings. The number of hydrogen-bond acceptors (Lipinski definition) is 4. The Morgan fingerprint density at radius 3 is 2.06 bits per heavy atom. The van der Waals surface area contributed by atoms with Gasteiger partial charge in [-0.05, 0) is 66.6 Å². The molecule has 0 saturated carbocycles. The molecule has 0 bridgehead atoms. The second-order valence-electron chi connectivity index (χ2n) is 7.37. The van der Waals surface area contributed by atoms with Crippen LogP contribution < -0.4 is 0 Å². The first-order valence-electron chi connectivity index (χ1n) is 9.72. The number of nitrogens with zero attached hydrogens (tertiary/aromatic N) is 2. The minimum absolute atomic E-state index is 0.245. The van der Waals surface area contributed by atoms with Gasteiger partial charge in [0, 0.05) is 11.3 Å². The molecule has 5 nitrogen and oxygen atoms in total. The average Bonchev–Trinajstić information content (AvgIpc) is 2.78. The van der Waals surface area contributed by atoms with E-state index in [-0.39, 0.29) is 4.90 Å². The topological polar surface area (TPSA) is 80.2 Å². The molecule has 0 radical (unpaired) electrons. The van der Waals surface area contributed by atoms with Gasteiger partial charge in [0.25, 0.3) is 10.1 Å². The number of pyridine rings is 2. The summed E-state index contributed by atoms with van der Waals surface area (Å²) in [5.41, 5.74) is 3.19. The molecule has 0 aliphatic carbocycles. The highest BCUT2D eigenvalue weighted by atomic mass is 32.2. The fourth-order valence-corrected chi connectivity index (χ4v) is 3.90. The molecule has 4 aromatic rings. The zero-order chi connectivity index (χ0) is 23.8. The van der Waals surface area contributed by atoms with Crippen molar-refractivity contribution in [3.63, 3.8) is 0 Å². The summed E-state index contributed by atoms with van der Waals surface area (Å²) in [6, 6.07) is 19.3. The Hall–Kier alpha value is -3.56. The number of halogens is 3. The number of aromatic nitrogens is 2. The standard InChI is InChI=1S/C24H17F3N2O3S/c1-15-12-18(16-8-10-19(11-9-16)24(25,26)27)14-23(28-15)22-7-3-6-21(29-22)17-4-2-5-20(13-17)33(30,31)32/h2-14H,1H3,(H,30,31,32). The maximum absolute atomic E-state index is 12.9. The van der Waals surface area contributed by atoms with Crippen LogP contribution in [-0.2, 0) is 16.3 Å². The van der Waals surface area contributed by atoms with Crippen molar-refractivity contribution in [2.24, 2.45) is 0 Å². The Labute approximate surface area is 188 Å². The number of alkyl halides is 3. The molecule has 0 spiro atoms. The molecule has 0 aliphatic heterocycles. The average molecular weight is 470 g/mol. The monoisotopic (exact) mass is 470 g/mol. The van der Waals surface area contributed by atoms with Crippen LogP contribution in [0.4, 0.5) is 13.2 Å². The predicted molar refractivity (Wildman–Crippen MR) is 118 cm³/mol.